The van der Waals surface area contributed by atoms with E-state index in [4.69, 9.17) is 4.74 Å². The SMILES string of the molecule is C[C@@H]1CN(c2ccc(N[C@@H](C)C(=O)NC(=O)NC3CC3)cc2F)C[C@@H](C)O1. The molecule has 0 unspecified atom stereocenters. The van der Waals surface area contributed by atoms with E-state index < -0.39 is 18.0 Å². The van der Waals surface area contributed by atoms with Crippen molar-refractivity contribution in [2.24, 2.45) is 0 Å². The Hall–Kier alpha value is -2.35. The fourth-order valence-electron chi connectivity index (χ4n) is 3.21. The summed E-state index contributed by atoms with van der Waals surface area (Å²) in [5.74, 6) is -0.825. The van der Waals surface area contributed by atoms with Crippen LogP contribution < -0.4 is 20.9 Å². The summed E-state index contributed by atoms with van der Waals surface area (Å²) in [6.07, 6.45) is 1.97. The Bertz CT molecular complexity index is 700. The highest BCUT2D eigenvalue weighted by molar-refractivity contribution is 5.98. The number of rotatable bonds is 5. The predicted molar refractivity (Wildman–Crippen MR) is 101 cm³/mol. The minimum Gasteiger partial charge on any atom is -0.374 e. The summed E-state index contributed by atoms with van der Waals surface area (Å²) < 4.78 is 20.3. The van der Waals surface area contributed by atoms with Crippen molar-refractivity contribution in [1.82, 2.24) is 10.6 Å². The van der Waals surface area contributed by atoms with Gasteiger partial charge in [-0.25, -0.2) is 9.18 Å². The molecule has 8 heteroatoms. The molecule has 1 saturated heterocycles. The summed E-state index contributed by atoms with van der Waals surface area (Å²) in [6.45, 7) is 6.81. The molecule has 1 heterocycles. The van der Waals surface area contributed by atoms with Gasteiger partial charge in [0.05, 0.1) is 17.9 Å². The van der Waals surface area contributed by atoms with Gasteiger partial charge in [-0.3, -0.25) is 10.1 Å². The predicted octanol–water partition coefficient (Wildman–Crippen LogP) is 2.23. The first-order valence-electron chi connectivity index (χ1n) is 9.39. The number of benzene rings is 1. The quantitative estimate of drug-likeness (QED) is 0.732. The molecule has 1 aliphatic heterocycles. The lowest BCUT2D eigenvalue weighted by molar-refractivity contribution is -0.120. The molecule has 0 bridgehead atoms. The number of morpholine rings is 1. The van der Waals surface area contributed by atoms with Crippen LogP contribution in [0.2, 0.25) is 0 Å². The summed E-state index contributed by atoms with van der Waals surface area (Å²) in [6, 6.07) is 3.81. The largest absolute Gasteiger partial charge is 0.374 e. The minimum absolute atomic E-state index is 0.0384. The molecule has 3 atom stereocenters. The molecule has 2 fully saturated rings. The van der Waals surface area contributed by atoms with Gasteiger partial charge < -0.3 is 20.3 Å². The van der Waals surface area contributed by atoms with Gasteiger partial charge in [0.1, 0.15) is 11.9 Å². The number of ether oxygens (including phenoxy) is 1. The molecule has 27 heavy (non-hydrogen) atoms. The third kappa shape index (κ3) is 5.32. The monoisotopic (exact) mass is 378 g/mol. The van der Waals surface area contributed by atoms with E-state index in [9.17, 15) is 14.0 Å². The van der Waals surface area contributed by atoms with E-state index in [1.165, 1.54) is 6.07 Å². The molecule has 0 spiro atoms. The van der Waals surface area contributed by atoms with Gasteiger partial charge in [0.2, 0.25) is 5.91 Å². The normalized spacial score (nSPS) is 23.5. The van der Waals surface area contributed by atoms with Crippen LogP contribution in [0.15, 0.2) is 18.2 Å². The molecule has 1 saturated carbocycles. The molecular formula is C19H27FN4O3. The van der Waals surface area contributed by atoms with Gasteiger partial charge in [0.25, 0.3) is 0 Å². The van der Waals surface area contributed by atoms with Crippen LogP contribution in [0.1, 0.15) is 33.6 Å². The molecule has 0 radical (unpaired) electrons. The van der Waals surface area contributed by atoms with Gasteiger partial charge in [-0.2, -0.15) is 0 Å². The van der Waals surface area contributed by atoms with Crippen molar-refractivity contribution in [2.75, 3.05) is 23.3 Å². The smallest absolute Gasteiger partial charge is 0.321 e. The number of hydrogen-bond acceptors (Lipinski definition) is 5. The second kappa shape index (κ2) is 8.12. The van der Waals surface area contributed by atoms with Gasteiger partial charge in [-0.15, -0.1) is 0 Å². The first-order valence-corrected chi connectivity index (χ1v) is 9.39. The van der Waals surface area contributed by atoms with Crippen molar-refractivity contribution >= 4 is 23.3 Å². The van der Waals surface area contributed by atoms with Crippen LogP contribution >= 0.6 is 0 Å². The molecular weight excluding hydrogens is 351 g/mol. The highest BCUT2D eigenvalue weighted by atomic mass is 19.1. The Morgan fingerprint density at radius 2 is 1.89 bits per heavy atom. The molecule has 3 amide bonds. The highest BCUT2D eigenvalue weighted by Crippen LogP contribution is 2.26. The lowest BCUT2D eigenvalue weighted by Gasteiger charge is -2.37. The molecule has 1 aromatic carbocycles. The standard InChI is InChI=1S/C19H27FN4O3/c1-11-9-24(10-12(2)27-11)17-7-6-15(8-16(17)20)21-13(3)18(25)23-19(26)22-14-4-5-14/h6-8,11-14,21H,4-5,9-10H2,1-3H3,(H2,22,23,25,26)/t11-,12-,13+/m1/s1. The number of carbonyl (C=O) groups is 2. The van der Waals surface area contributed by atoms with Gasteiger partial charge in [0.15, 0.2) is 0 Å². The van der Waals surface area contributed by atoms with E-state index in [1.807, 2.05) is 18.7 Å². The summed E-state index contributed by atoms with van der Waals surface area (Å²) in [5, 5.41) is 7.91. The van der Waals surface area contributed by atoms with Crippen LogP contribution in [0, 0.1) is 5.82 Å². The lowest BCUT2D eigenvalue weighted by atomic mass is 10.1. The van der Waals surface area contributed by atoms with Crippen molar-refractivity contribution in [3.63, 3.8) is 0 Å². The maximum atomic E-state index is 14.6. The number of nitrogens with one attached hydrogen (secondary N) is 3. The van der Waals surface area contributed by atoms with Crippen LogP contribution in [0.25, 0.3) is 0 Å². The average Bonchev–Trinajstić information content (AvgIpc) is 3.37. The minimum atomic E-state index is -0.677. The number of carbonyl (C=O) groups excluding carboxylic acids is 2. The van der Waals surface area contributed by atoms with E-state index >= 15 is 0 Å². The second-order valence-electron chi connectivity index (χ2n) is 7.43. The molecule has 3 N–H and O–H groups in total. The van der Waals surface area contributed by atoms with Crippen molar-refractivity contribution in [3.05, 3.63) is 24.0 Å². The van der Waals surface area contributed by atoms with E-state index in [0.717, 1.165) is 12.8 Å². The number of urea groups is 1. The number of hydrogen-bond donors (Lipinski definition) is 3. The fourth-order valence-corrected chi connectivity index (χ4v) is 3.21. The third-order valence-corrected chi connectivity index (χ3v) is 4.63. The van der Waals surface area contributed by atoms with E-state index in [2.05, 4.69) is 16.0 Å². The maximum Gasteiger partial charge on any atom is 0.321 e. The number of anilines is 2. The van der Waals surface area contributed by atoms with Crippen LogP contribution in [0.3, 0.4) is 0 Å². The molecule has 0 aromatic heterocycles. The summed E-state index contributed by atoms with van der Waals surface area (Å²) in [7, 11) is 0. The zero-order valence-electron chi connectivity index (χ0n) is 15.9. The molecule has 2 aliphatic rings. The van der Waals surface area contributed by atoms with Gasteiger partial charge in [-0.1, -0.05) is 0 Å². The van der Waals surface area contributed by atoms with Crippen LogP contribution in [0.4, 0.5) is 20.6 Å². The van der Waals surface area contributed by atoms with Crippen molar-refractivity contribution < 1.29 is 18.7 Å². The first-order chi connectivity index (χ1) is 12.8. The molecule has 3 rings (SSSR count). The number of imide groups is 1. The zero-order valence-corrected chi connectivity index (χ0v) is 15.9. The Morgan fingerprint density at radius 1 is 1.22 bits per heavy atom. The Morgan fingerprint density at radius 3 is 2.48 bits per heavy atom. The molecule has 148 valence electrons. The summed E-state index contributed by atoms with van der Waals surface area (Å²) >= 11 is 0. The van der Waals surface area contributed by atoms with Crippen molar-refractivity contribution in [3.8, 4) is 0 Å². The molecule has 7 nitrogen and oxygen atoms in total. The van der Waals surface area contributed by atoms with Gasteiger partial charge in [0, 0.05) is 24.8 Å². The fraction of sp³-hybridized carbons (Fsp3) is 0.579. The van der Waals surface area contributed by atoms with Crippen LogP contribution in [-0.4, -0.2) is 49.3 Å². The van der Waals surface area contributed by atoms with Crippen LogP contribution in [0.5, 0.6) is 0 Å². The summed E-state index contributed by atoms with van der Waals surface area (Å²) in [4.78, 5) is 25.7. The molecule has 1 aliphatic carbocycles. The Balaban J connectivity index is 1.57. The Kier molecular flexibility index (Phi) is 5.84. The second-order valence-corrected chi connectivity index (χ2v) is 7.43. The lowest BCUT2D eigenvalue weighted by Crippen LogP contribution is -2.46. The zero-order chi connectivity index (χ0) is 19.6. The number of halogens is 1. The van der Waals surface area contributed by atoms with Crippen LogP contribution in [-0.2, 0) is 9.53 Å². The molecule has 1 aromatic rings. The average molecular weight is 378 g/mol. The highest BCUT2D eigenvalue weighted by Gasteiger charge is 2.26. The summed E-state index contributed by atoms with van der Waals surface area (Å²) in [5.41, 5.74) is 0.999. The van der Waals surface area contributed by atoms with Crippen molar-refractivity contribution in [2.45, 2.75) is 57.9 Å². The van der Waals surface area contributed by atoms with Gasteiger partial charge in [-0.05, 0) is 51.8 Å². The van der Waals surface area contributed by atoms with E-state index in [0.29, 0.717) is 24.5 Å². The maximum absolute atomic E-state index is 14.6. The van der Waals surface area contributed by atoms with Gasteiger partial charge >= 0.3 is 6.03 Å². The Labute approximate surface area is 158 Å². The first kappa shape index (κ1) is 19.4. The number of nitrogens with zero attached hydrogens (tertiary/aromatic N) is 1. The van der Waals surface area contributed by atoms with Crippen molar-refractivity contribution in [1.29, 1.82) is 0 Å². The number of amides is 3. The topological polar surface area (TPSA) is 82.7 Å². The van der Waals surface area contributed by atoms with E-state index in [1.54, 1.807) is 19.1 Å². The third-order valence-electron chi connectivity index (χ3n) is 4.63. The van der Waals surface area contributed by atoms with E-state index in [-0.39, 0.29) is 24.1 Å².